The Labute approximate surface area is 160 Å². The van der Waals surface area contributed by atoms with E-state index in [1.54, 1.807) is 0 Å². The Morgan fingerprint density at radius 1 is 1.07 bits per heavy atom. The molecule has 27 heavy (non-hydrogen) atoms. The van der Waals surface area contributed by atoms with E-state index in [0.29, 0.717) is 5.95 Å². The Morgan fingerprint density at radius 3 is 2.81 bits per heavy atom. The maximum atomic E-state index is 5.99. The number of hydrogen-bond donors (Lipinski definition) is 2. The molecule has 7 heteroatoms. The van der Waals surface area contributed by atoms with Crippen LogP contribution < -0.4 is 20.3 Å². The summed E-state index contributed by atoms with van der Waals surface area (Å²) >= 11 is 0. The van der Waals surface area contributed by atoms with Gasteiger partial charge in [0.05, 0.1) is 12.3 Å². The summed E-state index contributed by atoms with van der Waals surface area (Å²) in [4.78, 5) is 13.9. The van der Waals surface area contributed by atoms with Crippen LogP contribution in [0.25, 0.3) is 0 Å². The fourth-order valence-electron chi connectivity index (χ4n) is 3.76. The third kappa shape index (κ3) is 3.93. The Bertz CT molecular complexity index is 824. The van der Waals surface area contributed by atoms with Crippen molar-refractivity contribution in [2.75, 3.05) is 62.4 Å². The molecular weight excluding hydrogens is 340 g/mol. The number of aryl methyl sites for hydroxylation is 1. The van der Waals surface area contributed by atoms with Crippen LogP contribution in [0.4, 0.5) is 23.1 Å². The summed E-state index contributed by atoms with van der Waals surface area (Å²) in [5, 5.41) is 6.48. The minimum Gasteiger partial charge on any atom is -0.491 e. The van der Waals surface area contributed by atoms with Gasteiger partial charge in [0.15, 0.2) is 0 Å². The van der Waals surface area contributed by atoms with E-state index in [9.17, 15) is 0 Å². The molecule has 3 heterocycles. The van der Waals surface area contributed by atoms with E-state index in [4.69, 9.17) is 4.74 Å². The lowest BCUT2D eigenvalue weighted by Gasteiger charge is -2.25. The van der Waals surface area contributed by atoms with E-state index in [2.05, 4.69) is 49.6 Å². The molecule has 0 amide bonds. The highest BCUT2D eigenvalue weighted by atomic mass is 16.5. The van der Waals surface area contributed by atoms with Gasteiger partial charge in [0.2, 0.25) is 5.95 Å². The summed E-state index contributed by atoms with van der Waals surface area (Å²) < 4.78 is 5.99. The number of likely N-dealkylation sites (N-methyl/N-ethyl adjacent to an activating group) is 1. The molecule has 1 aromatic heterocycles. The van der Waals surface area contributed by atoms with Crippen LogP contribution in [0.2, 0.25) is 0 Å². The van der Waals surface area contributed by atoms with Gasteiger partial charge in [0.1, 0.15) is 11.6 Å². The molecule has 0 unspecified atom stereocenters. The van der Waals surface area contributed by atoms with Gasteiger partial charge in [-0.1, -0.05) is 0 Å². The van der Waals surface area contributed by atoms with Crippen molar-refractivity contribution >= 4 is 23.1 Å². The first-order valence-corrected chi connectivity index (χ1v) is 9.66. The molecule has 1 saturated heterocycles. The van der Waals surface area contributed by atoms with Gasteiger partial charge in [-0.15, -0.1) is 0 Å². The van der Waals surface area contributed by atoms with Gasteiger partial charge in [0.25, 0.3) is 0 Å². The first-order chi connectivity index (χ1) is 13.1. The maximum Gasteiger partial charge on any atom is 0.229 e. The quantitative estimate of drug-likeness (QED) is 0.860. The number of rotatable bonds is 4. The molecule has 2 aliphatic heterocycles. The van der Waals surface area contributed by atoms with Crippen molar-refractivity contribution in [3.8, 4) is 5.75 Å². The minimum absolute atomic E-state index is 0.611. The van der Waals surface area contributed by atoms with Crippen molar-refractivity contribution < 1.29 is 4.74 Å². The SMILES string of the molecule is CNc1cc(C)nc(Nc2cc3c(c(N4CCCN(C)CC4)c2)OCC3)n1. The lowest BCUT2D eigenvalue weighted by molar-refractivity contribution is 0.355. The predicted molar refractivity (Wildman–Crippen MR) is 110 cm³/mol. The van der Waals surface area contributed by atoms with Gasteiger partial charge in [-0.3, -0.25) is 0 Å². The summed E-state index contributed by atoms with van der Waals surface area (Å²) in [7, 11) is 4.06. The number of nitrogens with zero attached hydrogens (tertiary/aromatic N) is 4. The standard InChI is InChI=1S/C20H28N6O/c1-14-11-18(21-2)24-20(22-14)23-16-12-15-5-10-27-19(15)17(13-16)26-7-4-6-25(3)8-9-26/h11-13H,4-10H2,1-3H3,(H2,21,22,23,24). The molecular formula is C20H28N6O. The lowest BCUT2D eigenvalue weighted by Crippen LogP contribution is -2.29. The molecule has 4 rings (SSSR count). The molecule has 7 nitrogen and oxygen atoms in total. The Balaban J connectivity index is 1.65. The molecule has 0 bridgehead atoms. The van der Waals surface area contributed by atoms with Crippen LogP contribution in [0.3, 0.4) is 0 Å². The van der Waals surface area contributed by atoms with Crippen molar-refractivity contribution in [1.29, 1.82) is 0 Å². The molecule has 0 atom stereocenters. The van der Waals surface area contributed by atoms with Crippen LogP contribution in [0, 0.1) is 6.92 Å². The van der Waals surface area contributed by atoms with E-state index in [-0.39, 0.29) is 0 Å². The summed E-state index contributed by atoms with van der Waals surface area (Å²) in [5.41, 5.74) is 4.38. The van der Waals surface area contributed by atoms with Crippen molar-refractivity contribution in [2.45, 2.75) is 19.8 Å². The summed E-state index contributed by atoms with van der Waals surface area (Å²) in [6.45, 7) is 7.00. The highest BCUT2D eigenvalue weighted by Gasteiger charge is 2.23. The number of hydrogen-bond acceptors (Lipinski definition) is 7. The Morgan fingerprint density at radius 2 is 1.96 bits per heavy atom. The molecule has 1 aromatic carbocycles. The predicted octanol–water partition coefficient (Wildman–Crippen LogP) is 2.65. The Hall–Kier alpha value is -2.54. The van der Waals surface area contributed by atoms with Crippen molar-refractivity contribution in [3.05, 3.63) is 29.5 Å². The number of benzene rings is 1. The van der Waals surface area contributed by atoms with Crippen molar-refractivity contribution in [1.82, 2.24) is 14.9 Å². The van der Waals surface area contributed by atoms with E-state index < -0.39 is 0 Å². The van der Waals surface area contributed by atoms with Gasteiger partial charge in [0, 0.05) is 56.1 Å². The first-order valence-electron chi connectivity index (χ1n) is 9.66. The van der Waals surface area contributed by atoms with E-state index >= 15 is 0 Å². The molecule has 2 N–H and O–H groups in total. The van der Waals surface area contributed by atoms with Crippen LogP contribution in [-0.4, -0.2) is 61.7 Å². The van der Waals surface area contributed by atoms with Crippen LogP contribution in [0.1, 0.15) is 17.7 Å². The molecule has 0 saturated carbocycles. The third-order valence-corrected chi connectivity index (χ3v) is 5.19. The summed E-state index contributed by atoms with van der Waals surface area (Å²) in [5.74, 6) is 2.47. The van der Waals surface area contributed by atoms with Crippen LogP contribution in [-0.2, 0) is 6.42 Å². The molecule has 0 spiro atoms. The monoisotopic (exact) mass is 368 g/mol. The second-order valence-corrected chi connectivity index (χ2v) is 7.32. The fourth-order valence-corrected chi connectivity index (χ4v) is 3.76. The normalized spacial score (nSPS) is 17.2. The molecule has 0 aliphatic carbocycles. The second-order valence-electron chi connectivity index (χ2n) is 7.32. The zero-order valence-electron chi connectivity index (χ0n) is 16.4. The van der Waals surface area contributed by atoms with Crippen LogP contribution in [0.15, 0.2) is 18.2 Å². The van der Waals surface area contributed by atoms with Crippen molar-refractivity contribution in [2.24, 2.45) is 0 Å². The number of aromatic nitrogens is 2. The Kier molecular flexibility index (Phi) is 5.03. The fraction of sp³-hybridized carbons (Fsp3) is 0.500. The summed E-state index contributed by atoms with van der Waals surface area (Å²) in [6.07, 6.45) is 2.11. The van der Waals surface area contributed by atoms with E-state index in [0.717, 1.165) is 68.6 Å². The number of nitrogens with one attached hydrogen (secondary N) is 2. The second kappa shape index (κ2) is 7.60. The lowest BCUT2D eigenvalue weighted by atomic mass is 10.1. The highest BCUT2D eigenvalue weighted by molar-refractivity contribution is 5.72. The largest absolute Gasteiger partial charge is 0.491 e. The summed E-state index contributed by atoms with van der Waals surface area (Å²) in [6, 6.07) is 6.28. The third-order valence-electron chi connectivity index (χ3n) is 5.19. The minimum atomic E-state index is 0.611. The molecule has 2 aromatic rings. The average Bonchev–Trinajstić information content (AvgIpc) is 3.01. The van der Waals surface area contributed by atoms with Gasteiger partial charge < -0.3 is 25.2 Å². The van der Waals surface area contributed by atoms with Gasteiger partial charge in [-0.25, -0.2) is 4.98 Å². The van der Waals surface area contributed by atoms with Gasteiger partial charge in [-0.05, 0) is 39.1 Å². The topological polar surface area (TPSA) is 65.6 Å². The smallest absolute Gasteiger partial charge is 0.229 e. The van der Waals surface area contributed by atoms with Crippen LogP contribution >= 0.6 is 0 Å². The molecule has 144 valence electrons. The van der Waals surface area contributed by atoms with Crippen LogP contribution in [0.5, 0.6) is 5.75 Å². The number of anilines is 4. The number of fused-ring (bicyclic) bond motifs is 1. The molecule has 1 fully saturated rings. The zero-order chi connectivity index (χ0) is 18.8. The van der Waals surface area contributed by atoms with Crippen molar-refractivity contribution in [3.63, 3.8) is 0 Å². The van der Waals surface area contributed by atoms with E-state index in [1.165, 1.54) is 11.3 Å². The molecule has 2 aliphatic rings. The highest BCUT2D eigenvalue weighted by Crippen LogP contribution is 2.40. The maximum absolute atomic E-state index is 5.99. The first kappa shape index (κ1) is 17.9. The zero-order valence-corrected chi connectivity index (χ0v) is 16.4. The number of ether oxygens (including phenoxy) is 1. The van der Waals surface area contributed by atoms with Gasteiger partial charge >= 0.3 is 0 Å². The average molecular weight is 368 g/mol. The van der Waals surface area contributed by atoms with Gasteiger partial charge in [-0.2, -0.15) is 4.98 Å². The van der Waals surface area contributed by atoms with E-state index in [1.807, 2.05) is 20.0 Å². The molecule has 0 radical (unpaired) electrons.